The molecule has 0 bridgehead atoms. The van der Waals surface area contributed by atoms with Gasteiger partial charge in [-0.1, -0.05) is 48.5 Å². The van der Waals surface area contributed by atoms with Gasteiger partial charge >= 0.3 is 0 Å². The van der Waals surface area contributed by atoms with Crippen molar-refractivity contribution >= 4 is 16.9 Å². The summed E-state index contributed by atoms with van der Waals surface area (Å²) in [4.78, 5) is 11.1. The van der Waals surface area contributed by atoms with E-state index in [0.717, 1.165) is 35.5 Å². The highest BCUT2D eigenvalue weighted by molar-refractivity contribution is 5.87. The molecular weight excluding hydrogens is 348 g/mol. The summed E-state index contributed by atoms with van der Waals surface area (Å²) in [5, 5.41) is 8.95. The Morgan fingerprint density at radius 3 is 2.39 bits per heavy atom. The molecule has 1 N–H and O–H groups in total. The van der Waals surface area contributed by atoms with Crippen LogP contribution in [0.1, 0.15) is 5.56 Å². The predicted octanol–water partition coefficient (Wildman–Crippen LogP) is 3.40. The summed E-state index contributed by atoms with van der Waals surface area (Å²) in [5.41, 5.74) is 3.11. The first-order valence-electron chi connectivity index (χ1n) is 9.41. The summed E-state index contributed by atoms with van der Waals surface area (Å²) < 4.78 is 1.84. The lowest BCUT2D eigenvalue weighted by Crippen LogP contribution is -2.36. The number of aromatic nitrogens is 4. The molecule has 0 fully saturated rings. The van der Waals surface area contributed by atoms with Crippen molar-refractivity contribution in [2.75, 3.05) is 26.0 Å². The minimum atomic E-state index is 0.344. The molecule has 0 saturated carbocycles. The zero-order valence-electron chi connectivity index (χ0n) is 16.2. The van der Waals surface area contributed by atoms with Crippen molar-refractivity contribution in [1.82, 2.24) is 24.6 Å². The molecule has 0 unspecified atom stereocenters. The number of rotatable bonds is 7. The number of anilines is 1. The molecule has 0 aliphatic heterocycles. The van der Waals surface area contributed by atoms with Crippen LogP contribution in [0.5, 0.6) is 0 Å². The van der Waals surface area contributed by atoms with Gasteiger partial charge in [0.25, 0.3) is 0 Å². The van der Waals surface area contributed by atoms with Crippen LogP contribution in [0, 0.1) is 0 Å². The van der Waals surface area contributed by atoms with Gasteiger partial charge in [0, 0.05) is 12.6 Å². The van der Waals surface area contributed by atoms with Crippen molar-refractivity contribution in [1.29, 1.82) is 0 Å². The molecule has 0 aliphatic carbocycles. The van der Waals surface area contributed by atoms with Gasteiger partial charge in [0.15, 0.2) is 5.65 Å². The first-order valence-corrected chi connectivity index (χ1v) is 9.41. The Morgan fingerprint density at radius 2 is 1.68 bits per heavy atom. The van der Waals surface area contributed by atoms with Gasteiger partial charge in [0.1, 0.15) is 12.1 Å². The second kappa shape index (κ2) is 8.19. The Morgan fingerprint density at radius 1 is 0.964 bits per heavy atom. The molecule has 0 aliphatic rings. The summed E-state index contributed by atoms with van der Waals surface area (Å²) in [6.07, 6.45) is 4.39. The number of fused-ring (bicyclic) bond motifs is 1. The van der Waals surface area contributed by atoms with Gasteiger partial charge in [-0.25, -0.2) is 14.6 Å². The second-order valence-electron chi connectivity index (χ2n) is 7.04. The number of hydrogen-bond donors (Lipinski definition) is 1. The van der Waals surface area contributed by atoms with E-state index in [1.807, 2.05) is 41.2 Å². The normalized spacial score (nSPS) is 12.4. The molecule has 2 aromatic carbocycles. The molecule has 2 aromatic heterocycles. The molecule has 0 radical (unpaired) electrons. The third-order valence-corrected chi connectivity index (χ3v) is 4.92. The Hall–Kier alpha value is -3.25. The van der Waals surface area contributed by atoms with Gasteiger partial charge < -0.3 is 10.2 Å². The molecule has 4 aromatic rings. The van der Waals surface area contributed by atoms with Crippen LogP contribution in [0.25, 0.3) is 16.7 Å². The van der Waals surface area contributed by atoms with Gasteiger partial charge in [0.05, 0.1) is 17.3 Å². The van der Waals surface area contributed by atoms with E-state index in [0.29, 0.717) is 6.04 Å². The van der Waals surface area contributed by atoms with Crippen LogP contribution in [0.2, 0.25) is 0 Å². The van der Waals surface area contributed by atoms with Crippen LogP contribution >= 0.6 is 0 Å². The molecule has 0 amide bonds. The lowest BCUT2D eigenvalue weighted by Gasteiger charge is -2.25. The van der Waals surface area contributed by atoms with Crippen LogP contribution < -0.4 is 5.32 Å². The summed E-state index contributed by atoms with van der Waals surface area (Å²) in [7, 11) is 4.22. The SMILES string of the molecule is CN(C)[C@@H](CNc1ncnc2c1cnn2-c1ccccc1)Cc1ccccc1. The highest BCUT2D eigenvalue weighted by Gasteiger charge is 2.15. The largest absolute Gasteiger partial charge is 0.368 e. The summed E-state index contributed by atoms with van der Waals surface area (Å²) in [6.45, 7) is 0.782. The van der Waals surface area contributed by atoms with E-state index >= 15 is 0 Å². The third kappa shape index (κ3) is 3.87. The number of nitrogens with zero attached hydrogens (tertiary/aromatic N) is 5. The highest BCUT2D eigenvalue weighted by Crippen LogP contribution is 2.21. The zero-order chi connectivity index (χ0) is 19.3. The Bertz CT molecular complexity index is 1030. The maximum atomic E-state index is 4.52. The Kier molecular flexibility index (Phi) is 5.30. The molecule has 0 spiro atoms. The minimum Gasteiger partial charge on any atom is -0.368 e. The van der Waals surface area contributed by atoms with E-state index in [9.17, 15) is 0 Å². The van der Waals surface area contributed by atoms with Gasteiger partial charge in [-0.15, -0.1) is 0 Å². The Labute approximate surface area is 164 Å². The molecule has 4 rings (SSSR count). The number of likely N-dealkylation sites (N-methyl/N-ethyl adjacent to an activating group) is 1. The van der Waals surface area contributed by atoms with Crippen LogP contribution in [-0.4, -0.2) is 51.3 Å². The van der Waals surface area contributed by atoms with Crippen LogP contribution in [0.4, 0.5) is 5.82 Å². The standard InChI is InChI=1S/C22H24N6/c1-27(2)19(13-17-9-5-3-6-10-17)14-23-21-20-15-26-28(22(20)25-16-24-21)18-11-7-4-8-12-18/h3-12,15-16,19H,13-14H2,1-2H3,(H,23,24,25)/t19-/m1/s1. The average Bonchev–Trinajstić information content (AvgIpc) is 3.17. The van der Waals surface area contributed by atoms with Crippen LogP contribution in [-0.2, 0) is 6.42 Å². The maximum Gasteiger partial charge on any atom is 0.168 e. The molecule has 142 valence electrons. The monoisotopic (exact) mass is 372 g/mol. The van der Waals surface area contributed by atoms with E-state index < -0.39 is 0 Å². The van der Waals surface area contributed by atoms with Crippen molar-refractivity contribution in [3.63, 3.8) is 0 Å². The first kappa shape index (κ1) is 18.1. The molecular formula is C22H24N6. The number of benzene rings is 2. The van der Waals surface area contributed by atoms with Gasteiger partial charge in [-0.3, -0.25) is 0 Å². The van der Waals surface area contributed by atoms with E-state index in [-0.39, 0.29) is 0 Å². The fraction of sp³-hybridized carbons (Fsp3) is 0.227. The molecule has 0 saturated heterocycles. The first-order chi connectivity index (χ1) is 13.7. The maximum absolute atomic E-state index is 4.52. The lowest BCUT2D eigenvalue weighted by atomic mass is 10.1. The molecule has 1 atom stereocenters. The fourth-order valence-corrected chi connectivity index (χ4v) is 3.28. The van der Waals surface area contributed by atoms with Gasteiger partial charge in [0.2, 0.25) is 0 Å². The smallest absolute Gasteiger partial charge is 0.168 e. The summed E-state index contributed by atoms with van der Waals surface area (Å²) in [6, 6.07) is 20.9. The summed E-state index contributed by atoms with van der Waals surface area (Å²) in [5.74, 6) is 0.812. The minimum absolute atomic E-state index is 0.344. The van der Waals surface area contributed by atoms with Crippen LogP contribution in [0.15, 0.2) is 73.2 Å². The van der Waals surface area contributed by atoms with Gasteiger partial charge in [-0.05, 0) is 38.2 Å². The van der Waals surface area contributed by atoms with Crippen molar-refractivity contribution in [3.05, 3.63) is 78.8 Å². The quantitative estimate of drug-likeness (QED) is 0.539. The van der Waals surface area contributed by atoms with Crippen molar-refractivity contribution in [2.24, 2.45) is 0 Å². The van der Waals surface area contributed by atoms with Crippen LogP contribution in [0.3, 0.4) is 0 Å². The number of para-hydroxylation sites is 1. The average molecular weight is 372 g/mol. The number of nitrogens with one attached hydrogen (secondary N) is 1. The number of hydrogen-bond acceptors (Lipinski definition) is 5. The van der Waals surface area contributed by atoms with Gasteiger partial charge in [-0.2, -0.15) is 5.10 Å². The van der Waals surface area contributed by atoms with E-state index in [2.05, 4.69) is 69.7 Å². The third-order valence-electron chi connectivity index (χ3n) is 4.92. The van der Waals surface area contributed by atoms with E-state index in [4.69, 9.17) is 0 Å². The van der Waals surface area contributed by atoms with Crippen molar-refractivity contribution in [2.45, 2.75) is 12.5 Å². The topological polar surface area (TPSA) is 58.9 Å². The molecule has 6 nitrogen and oxygen atoms in total. The predicted molar refractivity (Wildman–Crippen MR) is 113 cm³/mol. The molecule has 28 heavy (non-hydrogen) atoms. The molecule has 6 heteroatoms. The van der Waals surface area contributed by atoms with Crippen molar-refractivity contribution < 1.29 is 0 Å². The lowest BCUT2D eigenvalue weighted by molar-refractivity contribution is 0.303. The Balaban J connectivity index is 1.55. The van der Waals surface area contributed by atoms with Crippen molar-refractivity contribution in [3.8, 4) is 5.69 Å². The zero-order valence-corrected chi connectivity index (χ0v) is 16.2. The second-order valence-corrected chi connectivity index (χ2v) is 7.04. The van der Waals surface area contributed by atoms with E-state index in [1.165, 1.54) is 5.56 Å². The fourth-order valence-electron chi connectivity index (χ4n) is 3.28. The summed E-state index contributed by atoms with van der Waals surface area (Å²) >= 11 is 0. The van der Waals surface area contributed by atoms with E-state index in [1.54, 1.807) is 6.33 Å². The molecule has 2 heterocycles. The highest BCUT2D eigenvalue weighted by atomic mass is 15.3.